The van der Waals surface area contributed by atoms with Gasteiger partial charge >= 0.3 is 0 Å². The van der Waals surface area contributed by atoms with E-state index in [2.05, 4.69) is 0 Å². The van der Waals surface area contributed by atoms with Crippen LogP contribution in [-0.2, 0) is 21.2 Å². The molecule has 2 aromatic rings. The Kier molecular flexibility index (Phi) is 6.47. The van der Waals surface area contributed by atoms with Crippen molar-refractivity contribution in [3.8, 4) is 5.75 Å². The fraction of sp³-hybridized carbons (Fsp3) is 0.409. The molecule has 0 fully saturated rings. The van der Waals surface area contributed by atoms with E-state index >= 15 is 0 Å². The summed E-state index contributed by atoms with van der Waals surface area (Å²) in [6.07, 6.45) is 3.30. The summed E-state index contributed by atoms with van der Waals surface area (Å²) < 4.78 is 32.1. The van der Waals surface area contributed by atoms with E-state index in [1.165, 1.54) is 4.31 Å². The first-order valence-corrected chi connectivity index (χ1v) is 11.8. The summed E-state index contributed by atoms with van der Waals surface area (Å²) in [6, 6.07) is 13.8. The average molecular weight is 417 g/mol. The highest BCUT2D eigenvalue weighted by molar-refractivity contribution is 7.92. The Morgan fingerprint density at radius 2 is 1.83 bits per heavy atom. The number of hydrogen-bond donors (Lipinski definition) is 0. The molecule has 2 aromatic carbocycles. The van der Waals surface area contributed by atoms with Crippen molar-refractivity contribution in [2.45, 2.75) is 39.2 Å². The van der Waals surface area contributed by atoms with Crippen molar-refractivity contribution in [3.05, 3.63) is 54.1 Å². The fourth-order valence-corrected chi connectivity index (χ4v) is 5.05. The lowest BCUT2D eigenvalue weighted by Crippen LogP contribution is -2.52. The van der Waals surface area contributed by atoms with Crippen molar-refractivity contribution < 1.29 is 17.9 Å². The Balaban J connectivity index is 1.97. The lowest BCUT2D eigenvalue weighted by molar-refractivity contribution is -0.119. The third kappa shape index (κ3) is 4.56. The van der Waals surface area contributed by atoms with Crippen molar-refractivity contribution in [3.63, 3.8) is 0 Å². The van der Waals surface area contributed by atoms with Crippen LogP contribution in [0.4, 0.5) is 11.4 Å². The second kappa shape index (κ2) is 8.86. The molecule has 7 heteroatoms. The predicted octanol–water partition coefficient (Wildman–Crippen LogP) is 3.61. The minimum absolute atomic E-state index is 0.195. The number of rotatable bonds is 7. The third-order valence-corrected chi connectivity index (χ3v) is 6.27. The third-order valence-electron chi connectivity index (χ3n) is 5.09. The van der Waals surface area contributed by atoms with E-state index < -0.39 is 16.1 Å². The van der Waals surface area contributed by atoms with Crippen LogP contribution in [0.25, 0.3) is 0 Å². The number of carbonyl (C=O) groups excluding carboxylic acids is 1. The number of amides is 1. The number of carbonyl (C=O) groups is 1. The number of benzene rings is 2. The number of aryl methyl sites for hydroxylation is 1. The number of hydrogen-bond acceptors (Lipinski definition) is 4. The minimum atomic E-state index is -3.67. The molecule has 0 aromatic heterocycles. The molecule has 0 radical (unpaired) electrons. The molecule has 1 aliphatic rings. The van der Waals surface area contributed by atoms with Crippen molar-refractivity contribution in [1.82, 2.24) is 0 Å². The molecule has 1 heterocycles. The van der Waals surface area contributed by atoms with E-state index in [0.29, 0.717) is 31.0 Å². The molecule has 0 aliphatic carbocycles. The van der Waals surface area contributed by atoms with Crippen LogP contribution in [0, 0.1) is 0 Å². The second-order valence-corrected chi connectivity index (χ2v) is 8.99. The van der Waals surface area contributed by atoms with Gasteiger partial charge in [0, 0.05) is 12.2 Å². The summed E-state index contributed by atoms with van der Waals surface area (Å²) in [5, 5.41) is 0. The van der Waals surface area contributed by atoms with Gasteiger partial charge in [-0.1, -0.05) is 25.1 Å². The summed E-state index contributed by atoms with van der Waals surface area (Å²) in [4.78, 5) is 15.3. The van der Waals surface area contributed by atoms with Crippen LogP contribution in [0.3, 0.4) is 0 Å². The quantitative estimate of drug-likeness (QED) is 0.692. The molecule has 3 rings (SSSR count). The molecule has 0 saturated heterocycles. The number of fused-ring (bicyclic) bond motifs is 1. The number of ether oxygens (including phenoxy) is 1. The predicted molar refractivity (Wildman–Crippen MR) is 116 cm³/mol. The van der Waals surface area contributed by atoms with Gasteiger partial charge in [0.25, 0.3) is 5.91 Å². The Morgan fingerprint density at radius 1 is 1.14 bits per heavy atom. The Labute approximate surface area is 173 Å². The van der Waals surface area contributed by atoms with E-state index in [9.17, 15) is 13.2 Å². The van der Waals surface area contributed by atoms with Gasteiger partial charge in [-0.15, -0.1) is 0 Å². The molecule has 0 bridgehead atoms. The zero-order valence-electron chi connectivity index (χ0n) is 17.2. The van der Waals surface area contributed by atoms with Crippen LogP contribution in [-0.4, -0.2) is 39.8 Å². The van der Waals surface area contributed by atoms with Crippen molar-refractivity contribution in [2.75, 3.05) is 28.6 Å². The van der Waals surface area contributed by atoms with Gasteiger partial charge in [-0.3, -0.25) is 9.10 Å². The smallest absolute Gasteiger partial charge is 0.250 e. The van der Waals surface area contributed by atoms with Gasteiger partial charge in [0.2, 0.25) is 10.0 Å². The van der Waals surface area contributed by atoms with E-state index in [4.69, 9.17) is 4.74 Å². The summed E-state index contributed by atoms with van der Waals surface area (Å²) >= 11 is 0. The molecule has 0 saturated carbocycles. The van der Waals surface area contributed by atoms with Crippen molar-refractivity contribution >= 4 is 27.3 Å². The molecule has 0 N–H and O–H groups in total. The summed E-state index contributed by atoms with van der Waals surface area (Å²) in [6.45, 7) is 4.84. The van der Waals surface area contributed by atoms with Crippen LogP contribution in [0.2, 0.25) is 0 Å². The monoisotopic (exact) mass is 416 g/mol. The molecule has 1 atom stereocenters. The van der Waals surface area contributed by atoms with Gasteiger partial charge in [0.1, 0.15) is 11.8 Å². The standard InChI is InChI=1S/C22H28N2O4S/c1-4-20(22(25)23-16-8-10-17-9-6-7-11-21(17)23)24(29(3,26)27)18-12-14-19(15-13-18)28-5-2/h6-7,9,11-15,20H,4-5,8,10,16H2,1-3H3/t20-/m1/s1. The lowest BCUT2D eigenvalue weighted by Gasteiger charge is -2.36. The van der Waals surface area contributed by atoms with Gasteiger partial charge < -0.3 is 9.64 Å². The largest absolute Gasteiger partial charge is 0.494 e. The van der Waals surface area contributed by atoms with E-state index in [-0.39, 0.29) is 5.91 Å². The SMILES string of the molecule is CCOc1ccc(N([C@H](CC)C(=O)N2CCCc3ccccc32)S(C)(=O)=O)cc1. The fourth-order valence-electron chi connectivity index (χ4n) is 3.84. The zero-order chi connectivity index (χ0) is 21.0. The van der Waals surface area contributed by atoms with Gasteiger partial charge in [-0.25, -0.2) is 8.42 Å². The molecule has 0 spiro atoms. The number of para-hydroxylation sites is 1. The maximum atomic E-state index is 13.5. The highest BCUT2D eigenvalue weighted by atomic mass is 32.2. The normalized spacial score (nSPS) is 14.8. The Hall–Kier alpha value is -2.54. The van der Waals surface area contributed by atoms with Crippen LogP contribution in [0.1, 0.15) is 32.3 Å². The van der Waals surface area contributed by atoms with Crippen LogP contribution < -0.4 is 13.9 Å². The number of anilines is 2. The topological polar surface area (TPSA) is 66.9 Å². The molecule has 1 aliphatic heterocycles. The van der Waals surface area contributed by atoms with E-state index in [0.717, 1.165) is 30.3 Å². The lowest BCUT2D eigenvalue weighted by atomic mass is 10.0. The first-order valence-electron chi connectivity index (χ1n) is 9.98. The van der Waals surface area contributed by atoms with Crippen molar-refractivity contribution in [2.24, 2.45) is 0 Å². The summed E-state index contributed by atoms with van der Waals surface area (Å²) in [5.41, 5.74) is 2.46. The molecular formula is C22H28N2O4S. The van der Waals surface area contributed by atoms with Gasteiger partial charge in [0.15, 0.2) is 0 Å². The molecule has 156 valence electrons. The Morgan fingerprint density at radius 3 is 2.45 bits per heavy atom. The molecule has 6 nitrogen and oxygen atoms in total. The first kappa shape index (κ1) is 21.2. The highest BCUT2D eigenvalue weighted by Crippen LogP contribution is 2.31. The number of sulfonamides is 1. The second-order valence-electron chi connectivity index (χ2n) is 7.13. The molecule has 29 heavy (non-hydrogen) atoms. The molecule has 0 unspecified atom stereocenters. The van der Waals surface area contributed by atoms with Crippen LogP contribution >= 0.6 is 0 Å². The average Bonchev–Trinajstić information content (AvgIpc) is 2.71. The van der Waals surface area contributed by atoms with E-state index in [1.54, 1.807) is 29.2 Å². The first-order chi connectivity index (χ1) is 13.9. The van der Waals surface area contributed by atoms with Crippen LogP contribution in [0.5, 0.6) is 5.75 Å². The molecule has 1 amide bonds. The summed E-state index contributed by atoms with van der Waals surface area (Å²) in [7, 11) is -3.67. The van der Waals surface area contributed by atoms with Crippen molar-refractivity contribution in [1.29, 1.82) is 0 Å². The van der Waals surface area contributed by atoms with Gasteiger partial charge in [-0.05, 0) is 62.1 Å². The summed E-state index contributed by atoms with van der Waals surface area (Å²) in [5.74, 6) is 0.466. The van der Waals surface area contributed by atoms with E-state index in [1.807, 2.05) is 38.1 Å². The Bertz CT molecular complexity index is 957. The van der Waals surface area contributed by atoms with Gasteiger partial charge in [0.05, 0.1) is 18.6 Å². The maximum Gasteiger partial charge on any atom is 0.250 e. The highest BCUT2D eigenvalue weighted by Gasteiger charge is 2.36. The molecular weight excluding hydrogens is 388 g/mol. The van der Waals surface area contributed by atoms with Gasteiger partial charge in [-0.2, -0.15) is 0 Å². The maximum absolute atomic E-state index is 13.5. The number of nitrogens with zero attached hydrogens (tertiary/aromatic N) is 2. The zero-order valence-corrected chi connectivity index (χ0v) is 18.0. The van der Waals surface area contributed by atoms with Crippen LogP contribution in [0.15, 0.2) is 48.5 Å². The minimum Gasteiger partial charge on any atom is -0.494 e.